The number of hydrogen-bond donors (Lipinski definition) is 1. The van der Waals surface area contributed by atoms with Gasteiger partial charge in [0.25, 0.3) is 5.56 Å². The van der Waals surface area contributed by atoms with Crippen molar-refractivity contribution in [2.24, 2.45) is 0 Å². The Hall–Kier alpha value is -2.79. The van der Waals surface area contributed by atoms with E-state index in [0.717, 1.165) is 49.4 Å². The highest BCUT2D eigenvalue weighted by atomic mass is 16.1. The molecule has 1 atom stereocenters. The summed E-state index contributed by atoms with van der Waals surface area (Å²) in [5.41, 5.74) is 4.30. The van der Waals surface area contributed by atoms with Gasteiger partial charge in [0.2, 0.25) is 0 Å². The van der Waals surface area contributed by atoms with E-state index in [1.54, 1.807) is 6.07 Å². The zero-order chi connectivity index (χ0) is 18.6. The van der Waals surface area contributed by atoms with Crippen molar-refractivity contribution in [3.63, 3.8) is 0 Å². The first-order valence-corrected chi connectivity index (χ1v) is 9.48. The fourth-order valence-corrected chi connectivity index (χ4v) is 3.82. The molecule has 2 aromatic heterocycles. The van der Waals surface area contributed by atoms with Gasteiger partial charge in [0.1, 0.15) is 5.82 Å². The molecule has 1 fully saturated rings. The summed E-state index contributed by atoms with van der Waals surface area (Å²) < 4.78 is 0. The van der Waals surface area contributed by atoms with Crippen molar-refractivity contribution in [2.45, 2.75) is 32.2 Å². The van der Waals surface area contributed by atoms with Crippen LogP contribution in [-0.2, 0) is 6.54 Å². The van der Waals surface area contributed by atoms with Crippen LogP contribution in [0.4, 0.5) is 0 Å². The Balaban J connectivity index is 1.44. The summed E-state index contributed by atoms with van der Waals surface area (Å²) in [5, 5.41) is 0. The Morgan fingerprint density at radius 3 is 2.78 bits per heavy atom. The number of nitrogens with one attached hydrogen (secondary N) is 1. The van der Waals surface area contributed by atoms with E-state index in [1.807, 2.05) is 31.3 Å². The molecule has 1 saturated heterocycles. The van der Waals surface area contributed by atoms with Gasteiger partial charge in [-0.05, 0) is 44.0 Å². The van der Waals surface area contributed by atoms with Gasteiger partial charge in [0, 0.05) is 36.8 Å². The minimum Gasteiger partial charge on any atom is -0.311 e. The van der Waals surface area contributed by atoms with Gasteiger partial charge in [-0.3, -0.25) is 14.7 Å². The smallest absolute Gasteiger partial charge is 0.251 e. The Kier molecular flexibility index (Phi) is 5.12. The highest BCUT2D eigenvalue weighted by molar-refractivity contribution is 5.58. The quantitative estimate of drug-likeness (QED) is 0.773. The largest absolute Gasteiger partial charge is 0.311 e. The Morgan fingerprint density at radius 2 is 2.04 bits per heavy atom. The number of likely N-dealkylation sites (tertiary alicyclic amines) is 1. The molecule has 0 saturated carbocycles. The summed E-state index contributed by atoms with van der Waals surface area (Å²) in [6, 6.07) is 16.3. The summed E-state index contributed by atoms with van der Waals surface area (Å²) in [6.45, 7) is 4.79. The van der Waals surface area contributed by atoms with Gasteiger partial charge in [-0.1, -0.05) is 30.3 Å². The first-order chi connectivity index (χ1) is 13.2. The van der Waals surface area contributed by atoms with E-state index in [9.17, 15) is 4.79 Å². The van der Waals surface area contributed by atoms with Gasteiger partial charge >= 0.3 is 0 Å². The maximum Gasteiger partial charge on any atom is 0.251 e. The van der Waals surface area contributed by atoms with Gasteiger partial charge < -0.3 is 4.98 Å². The predicted octanol–water partition coefficient (Wildman–Crippen LogP) is 3.52. The lowest BCUT2D eigenvalue weighted by Gasteiger charge is -2.32. The molecular formula is C22H24N4O. The van der Waals surface area contributed by atoms with E-state index in [2.05, 4.69) is 44.1 Å². The second-order valence-corrected chi connectivity index (χ2v) is 7.24. The molecule has 0 unspecified atom stereocenters. The van der Waals surface area contributed by atoms with Crippen LogP contribution in [0.2, 0.25) is 0 Å². The van der Waals surface area contributed by atoms with Crippen LogP contribution in [0.5, 0.6) is 0 Å². The number of aromatic amines is 1. The summed E-state index contributed by atoms with van der Waals surface area (Å²) in [6.07, 6.45) is 4.04. The molecule has 3 aromatic rings. The Bertz CT molecular complexity index is 950. The zero-order valence-corrected chi connectivity index (χ0v) is 15.6. The minimum absolute atomic E-state index is 0.0558. The van der Waals surface area contributed by atoms with Crippen LogP contribution in [0.3, 0.4) is 0 Å². The van der Waals surface area contributed by atoms with E-state index in [4.69, 9.17) is 0 Å². The maximum atomic E-state index is 11.8. The number of H-pyrrole nitrogens is 1. The lowest BCUT2D eigenvalue weighted by molar-refractivity contribution is 0.198. The van der Waals surface area contributed by atoms with Gasteiger partial charge in [-0.15, -0.1) is 0 Å². The summed E-state index contributed by atoms with van der Waals surface area (Å²) >= 11 is 0. The van der Waals surface area contributed by atoms with Crippen molar-refractivity contribution >= 4 is 0 Å². The number of benzene rings is 1. The van der Waals surface area contributed by atoms with Gasteiger partial charge in [-0.2, -0.15) is 0 Å². The highest BCUT2D eigenvalue weighted by Crippen LogP contribution is 2.26. The topological polar surface area (TPSA) is 61.9 Å². The average Bonchev–Trinajstić information content (AvgIpc) is 2.69. The van der Waals surface area contributed by atoms with E-state index in [1.165, 1.54) is 5.56 Å². The van der Waals surface area contributed by atoms with Crippen LogP contribution < -0.4 is 5.56 Å². The van der Waals surface area contributed by atoms with Crippen molar-refractivity contribution in [1.29, 1.82) is 0 Å². The second kappa shape index (κ2) is 7.84. The normalized spacial score (nSPS) is 17.7. The third-order valence-electron chi connectivity index (χ3n) is 5.12. The molecular weight excluding hydrogens is 336 g/mol. The fraction of sp³-hybridized carbons (Fsp3) is 0.318. The monoisotopic (exact) mass is 360 g/mol. The lowest BCUT2D eigenvalue weighted by atomic mass is 9.94. The molecule has 5 heteroatoms. The molecule has 138 valence electrons. The number of aryl methyl sites for hydroxylation is 1. The predicted molar refractivity (Wildman–Crippen MR) is 107 cm³/mol. The number of hydrogen-bond acceptors (Lipinski definition) is 4. The van der Waals surface area contributed by atoms with Crippen LogP contribution in [0.25, 0.3) is 11.3 Å². The molecule has 1 aromatic carbocycles. The van der Waals surface area contributed by atoms with Crippen LogP contribution in [0.15, 0.2) is 59.5 Å². The molecule has 1 aliphatic rings. The highest BCUT2D eigenvalue weighted by Gasteiger charge is 2.23. The SMILES string of the molecule is Cc1nc([C@H]2CCCN(Cc3ccc(-c4ccccn4)cc3)C2)cc(=O)[nH]1. The second-order valence-electron chi connectivity index (χ2n) is 7.24. The molecule has 0 bridgehead atoms. The molecule has 4 rings (SSSR count). The maximum absolute atomic E-state index is 11.8. The number of piperidine rings is 1. The van der Waals surface area contributed by atoms with Crippen molar-refractivity contribution in [3.8, 4) is 11.3 Å². The fourth-order valence-electron chi connectivity index (χ4n) is 3.82. The van der Waals surface area contributed by atoms with Crippen LogP contribution in [0.1, 0.15) is 35.8 Å². The molecule has 0 amide bonds. The summed E-state index contributed by atoms with van der Waals surface area (Å²) in [5.74, 6) is 1.02. The molecule has 0 aliphatic carbocycles. The first kappa shape index (κ1) is 17.6. The van der Waals surface area contributed by atoms with E-state index < -0.39 is 0 Å². The summed E-state index contributed by atoms with van der Waals surface area (Å²) in [7, 11) is 0. The first-order valence-electron chi connectivity index (χ1n) is 9.48. The van der Waals surface area contributed by atoms with Crippen molar-refractivity contribution in [3.05, 3.63) is 82.2 Å². The average molecular weight is 360 g/mol. The van der Waals surface area contributed by atoms with Crippen LogP contribution >= 0.6 is 0 Å². The molecule has 27 heavy (non-hydrogen) atoms. The van der Waals surface area contributed by atoms with E-state index in [0.29, 0.717) is 11.7 Å². The number of nitrogens with zero attached hydrogens (tertiary/aromatic N) is 3. The molecule has 3 heterocycles. The molecule has 0 spiro atoms. The van der Waals surface area contributed by atoms with Crippen LogP contribution in [-0.4, -0.2) is 32.9 Å². The van der Waals surface area contributed by atoms with Gasteiger partial charge in [0.05, 0.1) is 11.4 Å². The summed E-state index contributed by atoms with van der Waals surface area (Å²) in [4.78, 5) is 25.9. The molecule has 5 nitrogen and oxygen atoms in total. The minimum atomic E-state index is -0.0558. The number of pyridine rings is 1. The van der Waals surface area contributed by atoms with E-state index in [-0.39, 0.29) is 5.56 Å². The van der Waals surface area contributed by atoms with E-state index >= 15 is 0 Å². The van der Waals surface area contributed by atoms with Crippen molar-refractivity contribution < 1.29 is 0 Å². The van der Waals surface area contributed by atoms with Gasteiger partial charge in [-0.25, -0.2) is 4.98 Å². The van der Waals surface area contributed by atoms with Crippen LogP contribution in [0, 0.1) is 6.92 Å². The number of rotatable bonds is 4. The molecule has 1 N–H and O–H groups in total. The third kappa shape index (κ3) is 4.31. The molecule has 0 radical (unpaired) electrons. The number of aromatic nitrogens is 3. The van der Waals surface area contributed by atoms with Gasteiger partial charge in [0.15, 0.2) is 0 Å². The zero-order valence-electron chi connectivity index (χ0n) is 15.6. The van der Waals surface area contributed by atoms with Crippen molar-refractivity contribution in [1.82, 2.24) is 19.9 Å². The Labute approximate surface area is 159 Å². The standard InChI is InChI=1S/C22H24N4O/c1-16-24-21(13-22(27)25-16)19-5-4-12-26(15-19)14-17-7-9-18(10-8-17)20-6-2-3-11-23-20/h2-3,6-11,13,19H,4-5,12,14-15H2,1H3,(H,24,25,27)/t19-/m0/s1. The third-order valence-corrected chi connectivity index (χ3v) is 5.12. The lowest BCUT2D eigenvalue weighted by Crippen LogP contribution is -2.34. The molecule has 1 aliphatic heterocycles. The van der Waals surface area contributed by atoms with Crippen molar-refractivity contribution in [2.75, 3.05) is 13.1 Å². The Morgan fingerprint density at radius 1 is 1.19 bits per heavy atom.